The first-order chi connectivity index (χ1) is 9.27. The molecule has 0 aromatic heterocycles. The van der Waals surface area contributed by atoms with E-state index in [1.807, 2.05) is 25.9 Å². The fourth-order valence-corrected chi connectivity index (χ4v) is 3.39. The molecule has 0 aliphatic heterocycles. The number of likely N-dealkylation sites (N-methyl/N-ethyl adjacent to an activating group) is 1. The van der Waals surface area contributed by atoms with Gasteiger partial charge in [0.05, 0.1) is 4.90 Å². The van der Waals surface area contributed by atoms with Crippen LogP contribution in [0.1, 0.15) is 13.3 Å². The van der Waals surface area contributed by atoms with Crippen LogP contribution in [0.4, 0.5) is 10.1 Å². The van der Waals surface area contributed by atoms with Crippen molar-refractivity contribution in [2.24, 2.45) is 0 Å². The molecule has 114 valence electrons. The van der Waals surface area contributed by atoms with Gasteiger partial charge in [0.1, 0.15) is 5.82 Å². The molecule has 0 unspecified atom stereocenters. The van der Waals surface area contributed by atoms with Crippen LogP contribution in [-0.2, 0) is 10.0 Å². The van der Waals surface area contributed by atoms with E-state index in [0.717, 1.165) is 12.1 Å². The van der Waals surface area contributed by atoms with Crippen LogP contribution in [0.5, 0.6) is 0 Å². The second-order valence-electron chi connectivity index (χ2n) is 4.93. The van der Waals surface area contributed by atoms with Gasteiger partial charge in [-0.2, -0.15) is 4.31 Å². The van der Waals surface area contributed by atoms with Gasteiger partial charge in [0, 0.05) is 25.3 Å². The Morgan fingerprint density at radius 1 is 1.15 bits per heavy atom. The highest BCUT2D eigenvalue weighted by molar-refractivity contribution is 7.89. The molecule has 0 saturated carbocycles. The van der Waals surface area contributed by atoms with Crippen LogP contribution in [0.15, 0.2) is 23.1 Å². The zero-order valence-electron chi connectivity index (χ0n) is 12.1. The summed E-state index contributed by atoms with van der Waals surface area (Å²) >= 11 is 0. The number of nitrogens with zero attached hydrogens (tertiary/aromatic N) is 2. The first-order valence-corrected chi connectivity index (χ1v) is 7.92. The SMILES string of the molecule is CCCN(CCN(C)C)S(=O)(=O)c1cc(N)cc(F)c1. The summed E-state index contributed by atoms with van der Waals surface area (Å²) in [4.78, 5) is 1.81. The number of hydrogen-bond donors (Lipinski definition) is 1. The smallest absolute Gasteiger partial charge is 0.243 e. The highest BCUT2D eigenvalue weighted by Crippen LogP contribution is 2.20. The van der Waals surface area contributed by atoms with Crippen LogP contribution >= 0.6 is 0 Å². The lowest BCUT2D eigenvalue weighted by Crippen LogP contribution is -2.37. The molecule has 0 amide bonds. The highest BCUT2D eigenvalue weighted by Gasteiger charge is 2.24. The summed E-state index contributed by atoms with van der Waals surface area (Å²) in [6.45, 7) is 3.26. The molecule has 0 aliphatic carbocycles. The van der Waals surface area contributed by atoms with Crippen molar-refractivity contribution in [2.45, 2.75) is 18.2 Å². The Morgan fingerprint density at radius 3 is 2.30 bits per heavy atom. The third kappa shape index (κ3) is 4.43. The number of halogens is 1. The quantitative estimate of drug-likeness (QED) is 0.773. The van der Waals surface area contributed by atoms with Gasteiger partial charge in [0.2, 0.25) is 10.0 Å². The third-order valence-corrected chi connectivity index (χ3v) is 4.68. The molecule has 0 aliphatic rings. The fourth-order valence-electron chi connectivity index (χ4n) is 1.80. The minimum atomic E-state index is -3.72. The molecule has 0 atom stereocenters. The van der Waals surface area contributed by atoms with Crippen molar-refractivity contribution in [2.75, 3.05) is 39.5 Å². The standard InChI is InChI=1S/C13H22FN3O2S/c1-4-5-17(7-6-16(2)3)20(18,19)13-9-11(14)8-12(15)10-13/h8-10H,4-7,15H2,1-3H3. The molecule has 0 saturated heterocycles. The molecule has 20 heavy (non-hydrogen) atoms. The van der Waals surface area contributed by atoms with E-state index in [2.05, 4.69) is 0 Å². The lowest BCUT2D eigenvalue weighted by molar-refractivity contribution is 0.333. The molecule has 0 spiro atoms. The Hall–Kier alpha value is -1.18. The lowest BCUT2D eigenvalue weighted by Gasteiger charge is -2.23. The minimum absolute atomic E-state index is 0.0952. The van der Waals surface area contributed by atoms with E-state index in [-0.39, 0.29) is 10.6 Å². The van der Waals surface area contributed by atoms with Crippen molar-refractivity contribution in [3.05, 3.63) is 24.0 Å². The third-order valence-electron chi connectivity index (χ3n) is 2.80. The molecule has 7 heteroatoms. The number of hydrogen-bond acceptors (Lipinski definition) is 4. The predicted octanol–water partition coefficient (Wildman–Crippen LogP) is 1.37. The second kappa shape index (κ2) is 7.01. The summed E-state index contributed by atoms with van der Waals surface area (Å²) in [7, 11) is 0.0267. The average molecular weight is 303 g/mol. The van der Waals surface area contributed by atoms with Gasteiger partial charge in [0.15, 0.2) is 0 Å². The number of sulfonamides is 1. The molecule has 1 rings (SSSR count). The van der Waals surface area contributed by atoms with E-state index in [4.69, 9.17) is 5.73 Å². The minimum Gasteiger partial charge on any atom is -0.399 e. The van der Waals surface area contributed by atoms with Crippen LogP contribution in [0.25, 0.3) is 0 Å². The van der Waals surface area contributed by atoms with E-state index in [9.17, 15) is 12.8 Å². The number of benzene rings is 1. The predicted molar refractivity (Wildman–Crippen MR) is 78.4 cm³/mol. The van der Waals surface area contributed by atoms with Crippen LogP contribution in [0.3, 0.4) is 0 Å². The molecule has 1 aromatic carbocycles. The largest absolute Gasteiger partial charge is 0.399 e. The Morgan fingerprint density at radius 2 is 1.80 bits per heavy atom. The first-order valence-electron chi connectivity index (χ1n) is 6.48. The van der Waals surface area contributed by atoms with Gasteiger partial charge in [-0.15, -0.1) is 0 Å². The normalized spacial score (nSPS) is 12.3. The lowest BCUT2D eigenvalue weighted by atomic mass is 10.3. The van der Waals surface area contributed by atoms with E-state index in [1.54, 1.807) is 0 Å². The Bertz CT molecular complexity index is 526. The van der Waals surface area contributed by atoms with Crippen LogP contribution in [-0.4, -0.2) is 51.4 Å². The van der Waals surface area contributed by atoms with Crippen molar-refractivity contribution in [3.63, 3.8) is 0 Å². The zero-order valence-corrected chi connectivity index (χ0v) is 13.0. The summed E-state index contributed by atoms with van der Waals surface area (Å²) in [6, 6.07) is 3.39. The van der Waals surface area contributed by atoms with Crippen molar-refractivity contribution in [1.29, 1.82) is 0 Å². The van der Waals surface area contributed by atoms with Crippen molar-refractivity contribution >= 4 is 15.7 Å². The van der Waals surface area contributed by atoms with Gasteiger partial charge < -0.3 is 10.6 Å². The van der Waals surface area contributed by atoms with Gasteiger partial charge in [-0.05, 0) is 38.7 Å². The monoisotopic (exact) mass is 303 g/mol. The molecule has 0 heterocycles. The van der Waals surface area contributed by atoms with Gasteiger partial charge in [-0.25, -0.2) is 12.8 Å². The number of nitrogens with two attached hydrogens (primary N) is 1. The molecule has 1 aromatic rings. The zero-order chi connectivity index (χ0) is 15.3. The Labute approximate surface area is 120 Å². The maximum atomic E-state index is 13.4. The van der Waals surface area contributed by atoms with Crippen molar-refractivity contribution in [3.8, 4) is 0 Å². The first kappa shape index (κ1) is 16.9. The van der Waals surface area contributed by atoms with Crippen LogP contribution in [0, 0.1) is 5.82 Å². The Kier molecular flexibility index (Phi) is 5.91. The second-order valence-corrected chi connectivity index (χ2v) is 6.87. The summed E-state index contributed by atoms with van der Waals surface area (Å²) in [5.41, 5.74) is 5.63. The van der Waals surface area contributed by atoms with Gasteiger partial charge in [-0.3, -0.25) is 0 Å². The number of anilines is 1. The van der Waals surface area contributed by atoms with Gasteiger partial charge in [0.25, 0.3) is 0 Å². The molecule has 0 fully saturated rings. The van der Waals surface area contributed by atoms with Crippen LogP contribution < -0.4 is 5.73 Å². The summed E-state index contributed by atoms with van der Waals surface area (Å²) in [5.74, 6) is -0.646. The molecule has 0 radical (unpaired) electrons. The van der Waals surface area contributed by atoms with Gasteiger partial charge >= 0.3 is 0 Å². The summed E-state index contributed by atoms with van der Waals surface area (Å²) < 4.78 is 39.8. The average Bonchev–Trinajstić information content (AvgIpc) is 2.32. The summed E-state index contributed by atoms with van der Waals surface area (Å²) in [6.07, 6.45) is 0.692. The van der Waals surface area contributed by atoms with E-state index in [0.29, 0.717) is 26.1 Å². The van der Waals surface area contributed by atoms with Crippen molar-refractivity contribution in [1.82, 2.24) is 9.21 Å². The highest BCUT2D eigenvalue weighted by atomic mass is 32.2. The van der Waals surface area contributed by atoms with E-state index < -0.39 is 15.8 Å². The molecular weight excluding hydrogens is 281 g/mol. The molecular formula is C13H22FN3O2S. The van der Waals surface area contributed by atoms with Gasteiger partial charge in [-0.1, -0.05) is 6.92 Å². The number of nitrogen functional groups attached to an aromatic ring is 1. The fraction of sp³-hybridized carbons (Fsp3) is 0.538. The molecule has 5 nitrogen and oxygen atoms in total. The Balaban J connectivity index is 3.08. The number of rotatable bonds is 7. The maximum absolute atomic E-state index is 13.4. The summed E-state index contributed by atoms with van der Waals surface area (Å²) in [5, 5.41) is 0. The molecule has 0 bridgehead atoms. The van der Waals surface area contributed by atoms with E-state index >= 15 is 0 Å². The molecule has 2 N–H and O–H groups in total. The maximum Gasteiger partial charge on any atom is 0.243 e. The van der Waals surface area contributed by atoms with E-state index in [1.165, 1.54) is 10.4 Å². The van der Waals surface area contributed by atoms with Crippen molar-refractivity contribution < 1.29 is 12.8 Å². The van der Waals surface area contributed by atoms with Crippen LogP contribution in [0.2, 0.25) is 0 Å². The topological polar surface area (TPSA) is 66.6 Å².